The highest BCUT2D eigenvalue weighted by Gasteiger charge is 2.32. The van der Waals surface area contributed by atoms with Gasteiger partial charge in [0.05, 0.1) is 6.54 Å². The average molecular weight is 256 g/mol. The topological polar surface area (TPSA) is 49.4 Å². The van der Waals surface area contributed by atoms with Crippen LogP contribution in [0.5, 0.6) is 0 Å². The van der Waals surface area contributed by atoms with Gasteiger partial charge in [-0.25, -0.2) is 0 Å². The highest BCUT2D eigenvalue weighted by atomic mass is 16.2. The normalized spacial score (nSPS) is 18.6. The molecule has 0 spiro atoms. The first-order valence-electron chi connectivity index (χ1n) is 6.25. The van der Waals surface area contributed by atoms with Gasteiger partial charge in [-0.05, 0) is 12.5 Å². The van der Waals surface area contributed by atoms with Crippen LogP contribution >= 0.6 is 0 Å². The predicted octanol–water partition coefficient (Wildman–Crippen LogP) is 1.10. The van der Waals surface area contributed by atoms with Crippen molar-refractivity contribution in [1.29, 1.82) is 0 Å². The van der Waals surface area contributed by atoms with E-state index in [9.17, 15) is 9.59 Å². The molecule has 0 bridgehead atoms. The van der Waals surface area contributed by atoms with E-state index in [0.717, 1.165) is 5.56 Å². The summed E-state index contributed by atoms with van der Waals surface area (Å²) in [6, 6.07) is 8.72. The lowest BCUT2D eigenvalue weighted by molar-refractivity contribution is -0.144. The number of hydrogen-bond acceptors (Lipinski definition) is 2. The molecule has 1 aromatic carbocycles. The molecule has 2 rings (SSSR count). The second-order valence-corrected chi connectivity index (χ2v) is 4.35. The van der Waals surface area contributed by atoms with Crippen LogP contribution in [0.25, 0.3) is 0 Å². The molecule has 4 heteroatoms. The largest absolute Gasteiger partial charge is 0.339 e. The lowest BCUT2D eigenvalue weighted by Gasteiger charge is -2.32. The monoisotopic (exact) mass is 256 g/mol. The Hall–Kier alpha value is -2.28. The Morgan fingerprint density at radius 2 is 2.05 bits per heavy atom. The summed E-state index contributed by atoms with van der Waals surface area (Å²) in [6.45, 7) is 2.38. The maximum Gasteiger partial charge on any atom is 0.250 e. The summed E-state index contributed by atoms with van der Waals surface area (Å²) < 4.78 is 0. The molecule has 1 unspecified atom stereocenters. The lowest BCUT2D eigenvalue weighted by Crippen LogP contribution is -2.53. The summed E-state index contributed by atoms with van der Waals surface area (Å²) in [7, 11) is 0. The first kappa shape index (κ1) is 13.2. The van der Waals surface area contributed by atoms with Gasteiger partial charge in [-0.15, -0.1) is 11.8 Å². The number of rotatable bonds is 3. The molecular weight excluding hydrogens is 240 g/mol. The lowest BCUT2D eigenvalue weighted by atomic mass is 10.0. The minimum Gasteiger partial charge on any atom is -0.339 e. The van der Waals surface area contributed by atoms with Crippen LogP contribution in [0.1, 0.15) is 24.9 Å². The van der Waals surface area contributed by atoms with Gasteiger partial charge in [0.2, 0.25) is 11.8 Å². The molecule has 0 aromatic heterocycles. The maximum atomic E-state index is 12.3. The summed E-state index contributed by atoms with van der Waals surface area (Å²) in [5.41, 5.74) is 0.812. The van der Waals surface area contributed by atoms with E-state index in [0.29, 0.717) is 13.0 Å². The number of piperazine rings is 1. The molecule has 0 radical (unpaired) electrons. The zero-order valence-electron chi connectivity index (χ0n) is 10.8. The molecule has 1 heterocycles. The van der Waals surface area contributed by atoms with Crippen molar-refractivity contribution in [3.63, 3.8) is 0 Å². The van der Waals surface area contributed by atoms with Crippen molar-refractivity contribution in [1.82, 2.24) is 10.2 Å². The van der Waals surface area contributed by atoms with Crippen LogP contribution < -0.4 is 5.32 Å². The first-order valence-corrected chi connectivity index (χ1v) is 6.25. The molecule has 2 amide bonds. The number of carbonyl (C=O) groups excluding carboxylic acids is 2. The molecular formula is C15H16N2O2. The van der Waals surface area contributed by atoms with Crippen LogP contribution in [0, 0.1) is 11.8 Å². The van der Waals surface area contributed by atoms with Crippen molar-refractivity contribution in [3.8, 4) is 11.8 Å². The summed E-state index contributed by atoms with van der Waals surface area (Å²) >= 11 is 0. The van der Waals surface area contributed by atoms with Crippen molar-refractivity contribution in [3.05, 3.63) is 35.9 Å². The summed E-state index contributed by atoms with van der Waals surface area (Å²) in [6.07, 6.45) is 0.594. The van der Waals surface area contributed by atoms with Crippen molar-refractivity contribution in [2.45, 2.75) is 19.4 Å². The molecule has 0 saturated carbocycles. The highest BCUT2D eigenvalue weighted by Crippen LogP contribution is 2.18. The first-order chi connectivity index (χ1) is 9.22. The van der Waals surface area contributed by atoms with Crippen LogP contribution in [0.15, 0.2) is 30.3 Å². The van der Waals surface area contributed by atoms with Crippen LogP contribution in [0.2, 0.25) is 0 Å². The quantitative estimate of drug-likeness (QED) is 0.823. The molecule has 4 nitrogen and oxygen atoms in total. The third kappa shape index (κ3) is 3.14. The molecule has 1 atom stereocenters. The predicted molar refractivity (Wildman–Crippen MR) is 72.0 cm³/mol. The van der Waals surface area contributed by atoms with Gasteiger partial charge in [-0.3, -0.25) is 9.59 Å². The van der Waals surface area contributed by atoms with Crippen molar-refractivity contribution in [2.75, 3.05) is 13.1 Å². The number of nitrogens with one attached hydrogen (secondary N) is 1. The fourth-order valence-corrected chi connectivity index (χ4v) is 2.08. The van der Waals surface area contributed by atoms with E-state index >= 15 is 0 Å². The van der Waals surface area contributed by atoms with E-state index < -0.39 is 6.04 Å². The van der Waals surface area contributed by atoms with Gasteiger partial charge in [-0.2, -0.15) is 0 Å². The zero-order chi connectivity index (χ0) is 13.7. The van der Waals surface area contributed by atoms with Gasteiger partial charge in [0.25, 0.3) is 0 Å². The Morgan fingerprint density at radius 3 is 2.74 bits per heavy atom. The average Bonchev–Trinajstić information content (AvgIpc) is 2.43. The minimum absolute atomic E-state index is 0.0660. The number of hydrogen-bond donors (Lipinski definition) is 1. The number of carbonyl (C=O) groups is 2. The molecule has 1 aromatic rings. The standard InChI is InChI=1S/C15H16N2O2/c1-2-3-7-10-17-11-13(18)16-14(15(17)19)12-8-5-4-6-9-12/h4-6,8-9,14H,7,10-11H2,1H3,(H,16,18). The molecule has 1 saturated heterocycles. The van der Waals surface area contributed by atoms with Gasteiger partial charge in [0.1, 0.15) is 6.04 Å². The van der Waals surface area contributed by atoms with Gasteiger partial charge < -0.3 is 10.2 Å². The minimum atomic E-state index is -0.572. The number of amides is 2. The van der Waals surface area contributed by atoms with E-state index in [1.165, 1.54) is 0 Å². The van der Waals surface area contributed by atoms with E-state index in [1.807, 2.05) is 30.3 Å². The summed E-state index contributed by atoms with van der Waals surface area (Å²) in [5, 5.41) is 2.74. The molecule has 1 aliphatic heterocycles. The summed E-state index contributed by atoms with van der Waals surface area (Å²) in [4.78, 5) is 25.6. The Morgan fingerprint density at radius 1 is 1.32 bits per heavy atom. The maximum absolute atomic E-state index is 12.3. The van der Waals surface area contributed by atoms with Crippen LogP contribution in [-0.2, 0) is 9.59 Å². The van der Waals surface area contributed by atoms with Crippen LogP contribution in [0.4, 0.5) is 0 Å². The van der Waals surface area contributed by atoms with Crippen molar-refractivity contribution in [2.24, 2.45) is 0 Å². The fourth-order valence-electron chi connectivity index (χ4n) is 2.08. The molecule has 19 heavy (non-hydrogen) atoms. The second-order valence-electron chi connectivity index (χ2n) is 4.35. The van der Waals surface area contributed by atoms with Crippen LogP contribution in [0.3, 0.4) is 0 Å². The van der Waals surface area contributed by atoms with Gasteiger partial charge in [-0.1, -0.05) is 30.3 Å². The van der Waals surface area contributed by atoms with E-state index in [4.69, 9.17) is 0 Å². The van der Waals surface area contributed by atoms with Gasteiger partial charge in [0.15, 0.2) is 0 Å². The molecule has 1 aliphatic rings. The van der Waals surface area contributed by atoms with E-state index in [-0.39, 0.29) is 18.4 Å². The Bertz CT molecular complexity index is 528. The Labute approximate surface area is 112 Å². The Kier molecular flexibility index (Phi) is 4.19. The SMILES string of the molecule is CC#CCCN1CC(=O)NC(c2ccccc2)C1=O. The zero-order valence-corrected chi connectivity index (χ0v) is 10.8. The van der Waals surface area contributed by atoms with E-state index in [2.05, 4.69) is 17.2 Å². The number of benzene rings is 1. The molecule has 1 N–H and O–H groups in total. The summed E-state index contributed by atoms with van der Waals surface area (Å²) in [5.74, 6) is 5.50. The van der Waals surface area contributed by atoms with Gasteiger partial charge >= 0.3 is 0 Å². The number of nitrogens with zero attached hydrogens (tertiary/aromatic N) is 1. The molecule has 98 valence electrons. The van der Waals surface area contributed by atoms with Crippen LogP contribution in [-0.4, -0.2) is 29.8 Å². The second kappa shape index (κ2) is 6.05. The third-order valence-corrected chi connectivity index (χ3v) is 3.01. The highest BCUT2D eigenvalue weighted by molar-refractivity contribution is 5.95. The van der Waals surface area contributed by atoms with E-state index in [1.54, 1.807) is 11.8 Å². The smallest absolute Gasteiger partial charge is 0.250 e. The third-order valence-electron chi connectivity index (χ3n) is 3.01. The molecule has 1 fully saturated rings. The molecule has 0 aliphatic carbocycles. The fraction of sp³-hybridized carbons (Fsp3) is 0.333. The van der Waals surface area contributed by atoms with Crippen molar-refractivity contribution >= 4 is 11.8 Å². The Balaban J connectivity index is 2.13. The van der Waals surface area contributed by atoms with Crippen molar-refractivity contribution < 1.29 is 9.59 Å². The van der Waals surface area contributed by atoms with Gasteiger partial charge in [0, 0.05) is 13.0 Å².